The van der Waals surface area contributed by atoms with Gasteiger partial charge in [0.15, 0.2) is 0 Å². The summed E-state index contributed by atoms with van der Waals surface area (Å²) < 4.78 is 0. The van der Waals surface area contributed by atoms with Crippen LogP contribution in [0.5, 0.6) is 0 Å². The van der Waals surface area contributed by atoms with Crippen molar-refractivity contribution in [1.29, 1.82) is 0 Å². The van der Waals surface area contributed by atoms with Gasteiger partial charge in [0.05, 0.1) is 0 Å². The Morgan fingerprint density at radius 2 is 1.05 bits per heavy atom. The largest absolute Gasteiger partial charge is 0.297 e. The van der Waals surface area contributed by atoms with Gasteiger partial charge in [0, 0.05) is 18.6 Å². The highest BCUT2D eigenvalue weighted by molar-refractivity contribution is 5.07. The molecule has 0 aromatic heterocycles. The van der Waals surface area contributed by atoms with Crippen LogP contribution in [-0.2, 0) is 0 Å². The number of nitrogens with zero attached hydrogens (tertiary/aromatic N) is 1. The molecule has 0 aromatic rings. The van der Waals surface area contributed by atoms with E-state index in [-0.39, 0.29) is 16.4 Å². The van der Waals surface area contributed by atoms with Crippen LogP contribution < -0.4 is 0 Å². The zero-order chi connectivity index (χ0) is 16.9. The first-order chi connectivity index (χ1) is 9.14. The molecule has 1 rings (SSSR count). The summed E-state index contributed by atoms with van der Waals surface area (Å²) in [5.41, 5.74) is 0.982. The summed E-state index contributed by atoms with van der Waals surface area (Å²) in [6, 6.07) is 0. The van der Waals surface area contributed by atoms with Gasteiger partial charge in [-0.2, -0.15) is 0 Å². The SMILES string of the molecule is CC1CC(C)CN(C(C)(C)C(C)(C)C(C)(C)C(C)(C)C)C1. The summed E-state index contributed by atoms with van der Waals surface area (Å²) in [6.07, 6.45) is 1.38. The number of rotatable bonds is 3. The maximum atomic E-state index is 2.78. The van der Waals surface area contributed by atoms with Gasteiger partial charge in [0.25, 0.3) is 0 Å². The summed E-state index contributed by atoms with van der Waals surface area (Å²) >= 11 is 0. The zero-order valence-corrected chi connectivity index (χ0v) is 16.7. The molecule has 1 heteroatoms. The van der Waals surface area contributed by atoms with Crippen LogP contribution >= 0.6 is 0 Å². The second-order valence-corrected chi connectivity index (χ2v) is 10.4. The van der Waals surface area contributed by atoms with E-state index < -0.39 is 0 Å². The molecule has 2 atom stereocenters. The molecule has 0 saturated carbocycles. The highest BCUT2D eigenvalue weighted by atomic mass is 15.2. The predicted molar refractivity (Wildman–Crippen MR) is 95.6 cm³/mol. The quantitative estimate of drug-likeness (QED) is 0.632. The minimum Gasteiger partial charge on any atom is -0.297 e. The molecule has 0 radical (unpaired) electrons. The van der Waals surface area contributed by atoms with Crippen LogP contribution in [0.15, 0.2) is 0 Å². The molecule has 126 valence electrons. The fraction of sp³-hybridized carbons (Fsp3) is 1.00. The Bertz CT molecular complexity index is 347. The molecular weight excluding hydrogens is 254 g/mol. The van der Waals surface area contributed by atoms with E-state index in [1.165, 1.54) is 19.5 Å². The first-order valence-corrected chi connectivity index (χ1v) is 8.89. The van der Waals surface area contributed by atoms with Crippen LogP contribution in [0.4, 0.5) is 0 Å². The van der Waals surface area contributed by atoms with Crippen molar-refractivity contribution in [3.05, 3.63) is 0 Å². The fourth-order valence-corrected chi connectivity index (χ4v) is 4.22. The molecule has 1 aliphatic rings. The summed E-state index contributed by atoms with van der Waals surface area (Å²) in [5, 5.41) is 0. The first kappa shape index (κ1) is 19.0. The highest BCUT2D eigenvalue weighted by Gasteiger charge is 2.55. The van der Waals surface area contributed by atoms with Crippen molar-refractivity contribution in [1.82, 2.24) is 4.90 Å². The van der Waals surface area contributed by atoms with E-state index in [1.807, 2.05) is 0 Å². The van der Waals surface area contributed by atoms with Gasteiger partial charge in [-0.3, -0.25) is 4.90 Å². The number of hydrogen-bond acceptors (Lipinski definition) is 1. The normalized spacial score (nSPS) is 27.0. The van der Waals surface area contributed by atoms with Crippen LogP contribution in [0.3, 0.4) is 0 Å². The van der Waals surface area contributed by atoms with Gasteiger partial charge >= 0.3 is 0 Å². The molecule has 1 fully saturated rings. The Labute approximate surface area is 134 Å². The first-order valence-electron chi connectivity index (χ1n) is 8.89. The van der Waals surface area contributed by atoms with Gasteiger partial charge in [-0.15, -0.1) is 0 Å². The molecule has 0 N–H and O–H groups in total. The van der Waals surface area contributed by atoms with Gasteiger partial charge < -0.3 is 0 Å². The summed E-state index contributed by atoms with van der Waals surface area (Å²) in [6.45, 7) is 29.4. The number of hydrogen-bond donors (Lipinski definition) is 0. The van der Waals surface area contributed by atoms with Crippen molar-refractivity contribution in [2.75, 3.05) is 13.1 Å². The number of likely N-dealkylation sites (tertiary alicyclic amines) is 1. The smallest absolute Gasteiger partial charge is 0.0209 e. The Morgan fingerprint density at radius 3 is 1.38 bits per heavy atom. The lowest BCUT2D eigenvalue weighted by Crippen LogP contribution is -2.64. The molecule has 0 aliphatic carbocycles. The molecule has 2 unspecified atom stereocenters. The summed E-state index contributed by atoms with van der Waals surface area (Å²) in [4.78, 5) is 2.78. The predicted octanol–water partition coefficient (Wildman–Crippen LogP) is 5.84. The monoisotopic (exact) mass is 295 g/mol. The Morgan fingerprint density at radius 1 is 0.667 bits per heavy atom. The maximum absolute atomic E-state index is 2.78. The van der Waals surface area contributed by atoms with Gasteiger partial charge in [-0.1, -0.05) is 62.3 Å². The molecule has 1 aliphatic heterocycles. The van der Waals surface area contributed by atoms with E-state index in [0.717, 1.165) is 11.8 Å². The molecule has 0 bridgehead atoms. The van der Waals surface area contributed by atoms with Crippen LogP contribution in [-0.4, -0.2) is 23.5 Å². The summed E-state index contributed by atoms with van der Waals surface area (Å²) in [5.74, 6) is 1.64. The minimum atomic E-state index is 0.201. The second-order valence-electron chi connectivity index (χ2n) is 10.4. The second kappa shape index (κ2) is 5.55. The lowest BCUT2D eigenvalue weighted by Gasteiger charge is -2.62. The maximum Gasteiger partial charge on any atom is 0.0209 e. The highest BCUT2D eigenvalue weighted by Crippen LogP contribution is 2.57. The van der Waals surface area contributed by atoms with Crippen molar-refractivity contribution >= 4 is 0 Å². The molecule has 1 nitrogen and oxygen atoms in total. The number of piperidine rings is 1. The third kappa shape index (κ3) is 3.19. The third-order valence-corrected chi connectivity index (χ3v) is 7.63. The van der Waals surface area contributed by atoms with Gasteiger partial charge in [0.2, 0.25) is 0 Å². The van der Waals surface area contributed by atoms with Crippen LogP contribution in [0.25, 0.3) is 0 Å². The minimum absolute atomic E-state index is 0.201. The molecule has 1 heterocycles. The lowest BCUT2D eigenvalue weighted by atomic mass is 9.49. The van der Waals surface area contributed by atoms with Crippen LogP contribution in [0.2, 0.25) is 0 Å². The molecular formula is C20H41N. The topological polar surface area (TPSA) is 3.24 Å². The molecule has 1 saturated heterocycles. The van der Waals surface area contributed by atoms with Crippen molar-refractivity contribution in [2.45, 2.75) is 88.1 Å². The van der Waals surface area contributed by atoms with E-state index in [9.17, 15) is 0 Å². The fourth-order valence-electron chi connectivity index (χ4n) is 4.22. The molecule has 0 spiro atoms. The zero-order valence-electron chi connectivity index (χ0n) is 16.7. The van der Waals surface area contributed by atoms with Gasteiger partial charge in [-0.25, -0.2) is 0 Å². The Kier molecular flexibility index (Phi) is 5.02. The van der Waals surface area contributed by atoms with E-state index in [0.29, 0.717) is 5.41 Å². The lowest BCUT2D eigenvalue weighted by molar-refractivity contribution is -0.123. The van der Waals surface area contributed by atoms with Gasteiger partial charge in [0.1, 0.15) is 0 Å². The Hall–Kier alpha value is -0.0400. The van der Waals surface area contributed by atoms with Crippen molar-refractivity contribution in [3.8, 4) is 0 Å². The molecule has 0 amide bonds. The Balaban J connectivity index is 3.15. The van der Waals surface area contributed by atoms with Crippen molar-refractivity contribution in [3.63, 3.8) is 0 Å². The average Bonchev–Trinajstić information content (AvgIpc) is 2.25. The third-order valence-electron chi connectivity index (χ3n) is 7.63. The van der Waals surface area contributed by atoms with Crippen LogP contribution in [0, 0.1) is 28.1 Å². The standard InChI is InChI=1S/C20H41N/c1-15-12-16(2)14-21(13-15)20(10,11)19(8,9)18(6,7)17(3,4)5/h15-16H,12-14H2,1-11H3. The van der Waals surface area contributed by atoms with E-state index in [2.05, 4.69) is 81.1 Å². The van der Waals surface area contributed by atoms with Gasteiger partial charge in [-0.05, 0) is 48.3 Å². The average molecular weight is 296 g/mol. The van der Waals surface area contributed by atoms with Crippen LogP contribution in [0.1, 0.15) is 82.6 Å². The summed E-state index contributed by atoms with van der Waals surface area (Å²) in [7, 11) is 0. The van der Waals surface area contributed by atoms with E-state index in [4.69, 9.17) is 0 Å². The van der Waals surface area contributed by atoms with Crippen molar-refractivity contribution in [2.24, 2.45) is 28.1 Å². The van der Waals surface area contributed by atoms with E-state index >= 15 is 0 Å². The molecule has 0 aromatic carbocycles. The van der Waals surface area contributed by atoms with E-state index in [1.54, 1.807) is 0 Å². The van der Waals surface area contributed by atoms with Crippen molar-refractivity contribution < 1.29 is 0 Å². The molecule has 21 heavy (non-hydrogen) atoms.